The molecule has 0 aliphatic carbocycles. The van der Waals surface area contributed by atoms with Crippen molar-refractivity contribution in [3.63, 3.8) is 0 Å². The van der Waals surface area contributed by atoms with Crippen LogP contribution in [-0.4, -0.2) is 22.5 Å². The molecular weight excluding hydrogens is 360 g/mol. The third-order valence-corrected chi connectivity index (χ3v) is 3.32. The Balaban J connectivity index is 1.85. The number of carbonyl (C=O) groups is 2. The average molecular weight is 375 g/mol. The molecule has 0 saturated heterocycles. The van der Waals surface area contributed by atoms with E-state index in [9.17, 15) is 9.59 Å². The number of aromatic nitrogens is 1. The summed E-state index contributed by atoms with van der Waals surface area (Å²) in [5.41, 5.74) is 3.83. The Morgan fingerprint density at radius 2 is 1.91 bits per heavy atom. The molecule has 0 aliphatic rings. The number of nitrogens with one attached hydrogen (secondary N) is 2. The van der Waals surface area contributed by atoms with Crippen molar-refractivity contribution in [3.05, 3.63) is 58.8 Å². The van der Waals surface area contributed by atoms with E-state index in [0.29, 0.717) is 11.4 Å². The molecule has 1 heterocycles. The van der Waals surface area contributed by atoms with E-state index < -0.39 is 5.91 Å². The van der Waals surface area contributed by atoms with E-state index in [0.717, 1.165) is 4.47 Å². The monoisotopic (exact) mass is 374 g/mol. The number of amides is 2. The first-order valence-electron chi connectivity index (χ1n) is 6.84. The van der Waals surface area contributed by atoms with Crippen molar-refractivity contribution in [1.82, 2.24) is 10.4 Å². The number of hydrogen-bond donors (Lipinski definition) is 2. The fourth-order valence-electron chi connectivity index (χ4n) is 1.71. The van der Waals surface area contributed by atoms with Gasteiger partial charge in [-0.05, 0) is 43.3 Å². The summed E-state index contributed by atoms with van der Waals surface area (Å²) in [7, 11) is 0. The number of rotatable bonds is 5. The zero-order valence-corrected chi connectivity index (χ0v) is 14.0. The minimum atomic E-state index is -0.418. The van der Waals surface area contributed by atoms with Gasteiger partial charge in [0.2, 0.25) is 5.91 Å². The Hall–Kier alpha value is -2.54. The number of pyridine rings is 1. The Bertz CT molecular complexity index is 715. The van der Waals surface area contributed by atoms with Crippen LogP contribution in [0.3, 0.4) is 0 Å². The first-order chi connectivity index (χ1) is 11.0. The molecule has 7 heteroatoms. The minimum Gasteiger partial charge on any atom is -0.326 e. The second kappa shape index (κ2) is 8.19. The van der Waals surface area contributed by atoms with Crippen LogP contribution < -0.4 is 10.7 Å². The first-order valence-corrected chi connectivity index (χ1v) is 7.64. The Morgan fingerprint density at radius 1 is 1.17 bits per heavy atom. The lowest BCUT2D eigenvalue weighted by molar-refractivity contribution is -0.115. The molecule has 1 aromatic carbocycles. The number of anilines is 1. The summed E-state index contributed by atoms with van der Waals surface area (Å²) in [4.78, 5) is 27.6. The summed E-state index contributed by atoms with van der Waals surface area (Å²) >= 11 is 3.33. The predicted molar refractivity (Wildman–Crippen MR) is 92.2 cm³/mol. The molecule has 0 aliphatic heterocycles. The first kappa shape index (κ1) is 16.8. The van der Waals surface area contributed by atoms with Gasteiger partial charge in [-0.2, -0.15) is 5.10 Å². The zero-order valence-electron chi connectivity index (χ0n) is 12.4. The molecule has 0 unspecified atom stereocenters. The lowest BCUT2D eigenvalue weighted by Gasteiger charge is -2.05. The lowest BCUT2D eigenvalue weighted by atomic mass is 10.2. The van der Waals surface area contributed by atoms with E-state index in [-0.39, 0.29) is 18.0 Å². The van der Waals surface area contributed by atoms with E-state index in [1.807, 2.05) is 12.1 Å². The fourth-order valence-corrected chi connectivity index (χ4v) is 1.98. The summed E-state index contributed by atoms with van der Waals surface area (Å²) in [5, 5.41) is 6.66. The number of halogens is 1. The Morgan fingerprint density at radius 3 is 2.57 bits per heavy atom. The largest absolute Gasteiger partial charge is 0.326 e. The molecule has 0 saturated carbocycles. The molecule has 118 valence electrons. The molecule has 6 nitrogen and oxygen atoms in total. The van der Waals surface area contributed by atoms with Gasteiger partial charge >= 0.3 is 0 Å². The van der Waals surface area contributed by atoms with Gasteiger partial charge in [0.05, 0.1) is 6.42 Å². The highest BCUT2D eigenvalue weighted by Crippen LogP contribution is 2.14. The van der Waals surface area contributed by atoms with E-state index in [4.69, 9.17) is 0 Å². The maximum Gasteiger partial charge on any atom is 0.289 e. The highest BCUT2D eigenvalue weighted by molar-refractivity contribution is 9.10. The van der Waals surface area contributed by atoms with E-state index in [1.165, 1.54) is 6.20 Å². The molecule has 23 heavy (non-hydrogen) atoms. The molecule has 0 radical (unpaired) electrons. The van der Waals surface area contributed by atoms with Gasteiger partial charge in [-0.15, -0.1) is 0 Å². The normalized spacial score (nSPS) is 11.0. The Labute approximate surface area is 142 Å². The van der Waals surface area contributed by atoms with Gasteiger partial charge in [-0.3, -0.25) is 14.6 Å². The molecule has 2 N–H and O–H groups in total. The van der Waals surface area contributed by atoms with E-state index >= 15 is 0 Å². The van der Waals surface area contributed by atoms with Crippen LogP contribution in [-0.2, 0) is 4.79 Å². The summed E-state index contributed by atoms with van der Waals surface area (Å²) < 4.78 is 0.936. The van der Waals surface area contributed by atoms with Crippen molar-refractivity contribution in [2.45, 2.75) is 13.3 Å². The molecular formula is C16H15BrN4O2. The van der Waals surface area contributed by atoms with Crippen LogP contribution in [0.25, 0.3) is 0 Å². The summed E-state index contributed by atoms with van der Waals surface area (Å²) in [6.45, 7) is 1.67. The molecule has 0 spiro atoms. The number of hydrogen-bond acceptors (Lipinski definition) is 4. The third-order valence-electron chi connectivity index (χ3n) is 2.79. The van der Waals surface area contributed by atoms with Gasteiger partial charge in [0, 0.05) is 22.1 Å². The molecule has 1 aromatic heterocycles. The fraction of sp³-hybridized carbons (Fsp3) is 0.125. The van der Waals surface area contributed by atoms with Crippen molar-refractivity contribution in [2.24, 2.45) is 5.10 Å². The predicted octanol–water partition coefficient (Wildman–Crippen LogP) is 2.98. The van der Waals surface area contributed by atoms with Crippen molar-refractivity contribution < 1.29 is 9.59 Å². The standard InChI is InChI=1S/C16H15BrN4O2/c1-11(20-21-16(23)14-4-2-3-9-18-14)10-15(22)19-13-7-5-12(17)6-8-13/h2-9H,10H2,1H3,(H,19,22)(H,21,23). The molecule has 0 bridgehead atoms. The molecule has 0 fully saturated rings. The maximum atomic E-state index is 11.9. The summed E-state index contributed by atoms with van der Waals surface area (Å²) in [6.07, 6.45) is 1.61. The topological polar surface area (TPSA) is 83.5 Å². The van der Waals surface area contributed by atoms with Gasteiger partial charge in [0.15, 0.2) is 0 Å². The quantitative estimate of drug-likeness (QED) is 0.623. The van der Waals surface area contributed by atoms with Gasteiger partial charge in [0.1, 0.15) is 5.69 Å². The zero-order chi connectivity index (χ0) is 16.7. The van der Waals surface area contributed by atoms with Crippen LogP contribution in [0.15, 0.2) is 58.2 Å². The van der Waals surface area contributed by atoms with E-state index in [1.54, 1.807) is 37.3 Å². The lowest BCUT2D eigenvalue weighted by Crippen LogP contribution is -2.22. The Kier molecular flexibility index (Phi) is 5.99. The molecule has 2 rings (SSSR count). The second-order valence-electron chi connectivity index (χ2n) is 4.73. The van der Waals surface area contributed by atoms with Gasteiger partial charge < -0.3 is 5.32 Å². The van der Waals surface area contributed by atoms with Crippen molar-refractivity contribution in [3.8, 4) is 0 Å². The second-order valence-corrected chi connectivity index (χ2v) is 5.65. The number of carbonyl (C=O) groups excluding carboxylic acids is 2. The van der Waals surface area contributed by atoms with Crippen LogP contribution in [0.2, 0.25) is 0 Å². The highest BCUT2D eigenvalue weighted by Gasteiger charge is 2.07. The van der Waals surface area contributed by atoms with Crippen LogP contribution in [0, 0.1) is 0 Å². The maximum absolute atomic E-state index is 11.9. The number of nitrogens with zero attached hydrogens (tertiary/aromatic N) is 2. The third kappa shape index (κ3) is 5.63. The van der Waals surface area contributed by atoms with Crippen molar-refractivity contribution in [2.75, 3.05) is 5.32 Å². The van der Waals surface area contributed by atoms with E-state index in [2.05, 4.69) is 36.8 Å². The number of hydrazone groups is 1. The molecule has 0 atom stereocenters. The smallest absolute Gasteiger partial charge is 0.289 e. The van der Waals surface area contributed by atoms with Gasteiger partial charge in [-0.1, -0.05) is 22.0 Å². The SMILES string of the molecule is CC(CC(=O)Nc1ccc(Br)cc1)=NNC(=O)c1ccccn1. The van der Waals surface area contributed by atoms with Crippen LogP contribution in [0.4, 0.5) is 5.69 Å². The van der Waals surface area contributed by atoms with Gasteiger partial charge in [-0.25, -0.2) is 5.43 Å². The highest BCUT2D eigenvalue weighted by atomic mass is 79.9. The van der Waals surface area contributed by atoms with Crippen LogP contribution in [0.1, 0.15) is 23.8 Å². The van der Waals surface area contributed by atoms with Crippen LogP contribution >= 0.6 is 15.9 Å². The van der Waals surface area contributed by atoms with Crippen molar-refractivity contribution in [1.29, 1.82) is 0 Å². The van der Waals surface area contributed by atoms with Gasteiger partial charge in [0.25, 0.3) is 5.91 Å². The van der Waals surface area contributed by atoms with Crippen molar-refractivity contribution >= 4 is 39.1 Å². The minimum absolute atomic E-state index is 0.0819. The number of benzene rings is 1. The average Bonchev–Trinajstić information content (AvgIpc) is 2.55. The molecule has 2 aromatic rings. The van der Waals surface area contributed by atoms with Crippen LogP contribution in [0.5, 0.6) is 0 Å². The summed E-state index contributed by atoms with van der Waals surface area (Å²) in [6, 6.07) is 12.3. The summed E-state index contributed by atoms with van der Waals surface area (Å²) in [5.74, 6) is -0.626. The molecule has 2 amide bonds.